The molecule has 1 aromatic rings. The van der Waals surface area contributed by atoms with Crippen LogP contribution >= 0.6 is 7.60 Å². The third-order valence-corrected chi connectivity index (χ3v) is 5.00. The number of rotatable bonds is 11. The van der Waals surface area contributed by atoms with Crippen LogP contribution < -0.4 is 10.6 Å². The van der Waals surface area contributed by atoms with Crippen molar-refractivity contribution in [3.05, 3.63) is 35.4 Å². The summed E-state index contributed by atoms with van der Waals surface area (Å²) < 4.78 is 10.8. The zero-order valence-corrected chi connectivity index (χ0v) is 16.1. The van der Waals surface area contributed by atoms with Crippen LogP contribution in [0.1, 0.15) is 43.2 Å². The molecule has 0 radical (unpaired) electrons. The van der Waals surface area contributed by atoms with E-state index in [1.54, 1.807) is 0 Å². The van der Waals surface area contributed by atoms with Crippen LogP contribution in [-0.2, 0) is 27.0 Å². The summed E-state index contributed by atoms with van der Waals surface area (Å²) >= 11 is 0. The summed E-state index contributed by atoms with van der Waals surface area (Å²) in [5.74, 6) is -1.25. The molecule has 8 heteroatoms. The fourth-order valence-electron chi connectivity index (χ4n) is 2.71. The minimum Gasteiger partial charge on any atom is -0.351 e. The van der Waals surface area contributed by atoms with Gasteiger partial charge >= 0.3 is 19.4 Å². The van der Waals surface area contributed by atoms with Gasteiger partial charge in [0, 0.05) is 19.8 Å². The van der Waals surface area contributed by atoms with Gasteiger partial charge in [0.1, 0.15) is 0 Å². The van der Waals surface area contributed by atoms with E-state index in [4.69, 9.17) is 9.79 Å². The molecule has 1 aromatic carbocycles. The highest BCUT2D eigenvalue weighted by Crippen LogP contribution is 2.35. The first-order valence-electron chi connectivity index (χ1n) is 8.95. The van der Waals surface area contributed by atoms with E-state index in [0.717, 1.165) is 38.5 Å². The Kier molecular flexibility index (Phi) is 10.2. The molecule has 0 fully saturated rings. The largest absolute Gasteiger partial charge is 0.351 e. The normalized spacial score (nSPS) is 11.2. The lowest BCUT2D eigenvalue weighted by Crippen LogP contribution is -2.38. The van der Waals surface area contributed by atoms with Crippen molar-refractivity contribution in [2.75, 3.05) is 19.8 Å². The Labute approximate surface area is 154 Å². The van der Waals surface area contributed by atoms with Crippen LogP contribution in [0.15, 0.2) is 24.3 Å². The lowest BCUT2D eigenvalue weighted by atomic mass is 9.98. The summed E-state index contributed by atoms with van der Waals surface area (Å²) in [6.07, 6.45) is 5.75. The molecular weight excluding hydrogens is 355 g/mol. The zero-order valence-electron chi connectivity index (χ0n) is 15.2. The van der Waals surface area contributed by atoms with Crippen LogP contribution in [0, 0.1) is 0 Å². The van der Waals surface area contributed by atoms with Gasteiger partial charge in [-0.1, -0.05) is 37.1 Å². The van der Waals surface area contributed by atoms with Gasteiger partial charge in [-0.15, -0.1) is 0 Å². The first-order valence-corrected chi connectivity index (χ1v) is 10.7. The van der Waals surface area contributed by atoms with Crippen molar-refractivity contribution in [1.82, 2.24) is 10.6 Å². The highest BCUT2D eigenvalue weighted by Gasteiger charge is 2.11. The second-order valence-electron chi connectivity index (χ2n) is 6.26. The Morgan fingerprint density at radius 3 is 2.08 bits per heavy atom. The molecule has 26 heavy (non-hydrogen) atoms. The van der Waals surface area contributed by atoms with E-state index in [9.17, 15) is 14.2 Å². The number of benzene rings is 1. The lowest BCUT2D eigenvalue weighted by molar-refractivity contribution is -0.138. The maximum atomic E-state index is 11.4. The monoisotopic (exact) mass is 384 g/mol. The zero-order chi connectivity index (χ0) is 19.4. The molecule has 0 spiro atoms. The third kappa shape index (κ3) is 9.70. The predicted molar refractivity (Wildman–Crippen MR) is 101 cm³/mol. The molecule has 0 unspecified atom stereocenters. The molecule has 2 amide bonds. The van der Waals surface area contributed by atoms with E-state index in [1.807, 2.05) is 12.1 Å². The quantitative estimate of drug-likeness (QED) is 0.264. The number of likely N-dealkylation sites (N-methyl/N-ethyl adjacent to an activating group) is 1. The summed E-state index contributed by atoms with van der Waals surface area (Å²) in [4.78, 5) is 40.1. The molecule has 0 saturated carbocycles. The van der Waals surface area contributed by atoms with Crippen molar-refractivity contribution >= 4 is 19.4 Å². The minimum absolute atomic E-state index is 0.0363. The van der Waals surface area contributed by atoms with Crippen LogP contribution in [0.25, 0.3) is 0 Å². The highest BCUT2D eigenvalue weighted by molar-refractivity contribution is 7.51. The Morgan fingerprint density at radius 1 is 0.923 bits per heavy atom. The van der Waals surface area contributed by atoms with Crippen LogP contribution in [0.4, 0.5) is 0 Å². The Morgan fingerprint density at radius 2 is 1.50 bits per heavy atom. The fourth-order valence-corrected chi connectivity index (χ4v) is 3.34. The number of amides is 2. The van der Waals surface area contributed by atoms with Crippen LogP contribution in [0.2, 0.25) is 0 Å². The number of carbonyl (C=O) groups excluding carboxylic acids is 2. The van der Waals surface area contributed by atoms with E-state index in [1.165, 1.54) is 18.2 Å². The summed E-state index contributed by atoms with van der Waals surface area (Å²) in [6, 6.07) is 8.15. The smallest absolute Gasteiger partial charge is 0.325 e. The number of carbonyl (C=O) groups is 2. The topological polar surface area (TPSA) is 116 Å². The number of aryl methyl sites for hydroxylation is 2. The van der Waals surface area contributed by atoms with Crippen molar-refractivity contribution in [3.63, 3.8) is 0 Å². The molecule has 7 nitrogen and oxygen atoms in total. The standard InChI is InChI=1S/C18H29N2O5P/c1-19-17(21)18(22)20-13-8-12-16-11-6-5-10-15(16)9-4-2-3-7-14-26(23,24)25/h5-6,10-11H,2-4,7-9,12-14H2,1H3,(H,19,21)(H,20,22)(H2,23,24,25). The SMILES string of the molecule is CNC(=O)C(=O)NCCCc1ccccc1CCCCCCP(=O)(O)O. The molecule has 0 saturated heterocycles. The van der Waals surface area contributed by atoms with E-state index in [2.05, 4.69) is 22.8 Å². The first kappa shape index (κ1) is 22.4. The highest BCUT2D eigenvalue weighted by atomic mass is 31.2. The second-order valence-corrected chi connectivity index (χ2v) is 8.04. The summed E-state index contributed by atoms with van der Waals surface area (Å²) in [7, 11) is -2.45. The Bertz CT molecular complexity index is 630. The molecule has 0 atom stereocenters. The van der Waals surface area contributed by atoms with Gasteiger partial charge < -0.3 is 20.4 Å². The van der Waals surface area contributed by atoms with Crippen molar-refractivity contribution in [2.45, 2.75) is 44.9 Å². The molecular formula is C18H29N2O5P. The predicted octanol–water partition coefficient (Wildman–Crippen LogP) is 1.76. The van der Waals surface area contributed by atoms with Crippen molar-refractivity contribution in [1.29, 1.82) is 0 Å². The maximum Gasteiger partial charge on any atom is 0.325 e. The fraction of sp³-hybridized carbons (Fsp3) is 0.556. The van der Waals surface area contributed by atoms with Gasteiger partial charge in [0.2, 0.25) is 0 Å². The molecule has 146 valence electrons. The number of hydrogen-bond acceptors (Lipinski definition) is 3. The van der Waals surface area contributed by atoms with E-state index < -0.39 is 19.4 Å². The van der Waals surface area contributed by atoms with Gasteiger partial charge in [0.25, 0.3) is 0 Å². The van der Waals surface area contributed by atoms with Gasteiger partial charge in [-0.05, 0) is 43.2 Å². The van der Waals surface area contributed by atoms with Crippen LogP contribution in [-0.4, -0.2) is 41.4 Å². The van der Waals surface area contributed by atoms with Crippen LogP contribution in [0.3, 0.4) is 0 Å². The number of hydrogen-bond donors (Lipinski definition) is 4. The molecule has 4 N–H and O–H groups in total. The molecule has 0 aliphatic heterocycles. The van der Waals surface area contributed by atoms with Gasteiger partial charge in [0.05, 0.1) is 0 Å². The Balaban J connectivity index is 2.30. The number of unbranched alkanes of at least 4 members (excludes halogenated alkanes) is 3. The number of nitrogens with one attached hydrogen (secondary N) is 2. The van der Waals surface area contributed by atoms with Crippen molar-refractivity contribution in [3.8, 4) is 0 Å². The van der Waals surface area contributed by atoms with E-state index in [0.29, 0.717) is 13.0 Å². The second kappa shape index (κ2) is 11.8. The van der Waals surface area contributed by atoms with Crippen LogP contribution in [0.5, 0.6) is 0 Å². The van der Waals surface area contributed by atoms with Gasteiger partial charge in [-0.25, -0.2) is 0 Å². The average molecular weight is 384 g/mol. The summed E-state index contributed by atoms with van der Waals surface area (Å²) in [5, 5.41) is 4.87. The van der Waals surface area contributed by atoms with Crippen molar-refractivity contribution < 1.29 is 23.9 Å². The lowest BCUT2D eigenvalue weighted by Gasteiger charge is -2.10. The molecule has 0 aliphatic carbocycles. The van der Waals surface area contributed by atoms with Gasteiger partial charge in [0.15, 0.2) is 0 Å². The summed E-state index contributed by atoms with van der Waals surface area (Å²) in [5.41, 5.74) is 2.50. The minimum atomic E-state index is -3.87. The van der Waals surface area contributed by atoms with E-state index >= 15 is 0 Å². The molecule has 0 heterocycles. The van der Waals surface area contributed by atoms with Gasteiger partial charge in [-0.3, -0.25) is 14.2 Å². The molecule has 0 bridgehead atoms. The third-order valence-electron chi connectivity index (χ3n) is 4.11. The summed E-state index contributed by atoms with van der Waals surface area (Å²) in [6.45, 7) is 0.447. The van der Waals surface area contributed by atoms with E-state index in [-0.39, 0.29) is 6.16 Å². The molecule has 0 aromatic heterocycles. The molecule has 0 aliphatic rings. The molecule has 1 rings (SSSR count). The first-order chi connectivity index (χ1) is 12.3. The van der Waals surface area contributed by atoms with Crippen molar-refractivity contribution in [2.24, 2.45) is 0 Å². The Hall–Kier alpha value is -1.69. The van der Waals surface area contributed by atoms with Gasteiger partial charge in [-0.2, -0.15) is 0 Å². The maximum absolute atomic E-state index is 11.4. The average Bonchev–Trinajstić information content (AvgIpc) is 2.60.